The fourth-order valence-corrected chi connectivity index (χ4v) is 2.85. The average molecular weight is 341 g/mol. The molecule has 2 nitrogen and oxygen atoms in total. The average Bonchev–Trinajstić information content (AvgIpc) is 2.53. The number of carbonyl (C=O) groups excluding carboxylic acids is 1. The third-order valence-electron chi connectivity index (χ3n) is 3.47. The third kappa shape index (κ3) is 2.57. The van der Waals surface area contributed by atoms with Crippen molar-refractivity contribution in [3.63, 3.8) is 0 Å². The van der Waals surface area contributed by atoms with Crippen molar-refractivity contribution in [3.05, 3.63) is 70.7 Å². The van der Waals surface area contributed by atoms with Crippen molar-refractivity contribution < 1.29 is 9.53 Å². The van der Waals surface area contributed by atoms with E-state index in [0.29, 0.717) is 5.56 Å². The second-order valence-corrected chi connectivity index (χ2v) is 5.62. The fourth-order valence-electron chi connectivity index (χ4n) is 2.49. The van der Waals surface area contributed by atoms with Crippen LogP contribution in [0, 0.1) is 0 Å². The van der Waals surface area contributed by atoms with E-state index in [9.17, 15) is 4.79 Å². The van der Waals surface area contributed by atoms with E-state index in [1.165, 1.54) is 7.11 Å². The van der Waals surface area contributed by atoms with Crippen molar-refractivity contribution in [2.24, 2.45) is 0 Å². The van der Waals surface area contributed by atoms with Gasteiger partial charge in [0.2, 0.25) is 0 Å². The number of ether oxygens (including phenoxy) is 1. The summed E-state index contributed by atoms with van der Waals surface area (Å²) in [5, 5.41) is 2.27. The van der Waals surface area contributed by atoms with E-state index >= 15 is 0 Å². The molecule has 0 aliphatic rings. The lowest BCUT2D eigenvalue weighted by Crippen LogP contribution is -2.03. The Bertz CT molecular complexity index is 819. The Kier molecular flexibility index (Phi) is 3.76. The molecule has 0 amide bonds. The van der Waals surface area contributed by atoms with E-state index in [4.69, 9.17) is 4.74 Å². The summed E-state index contributed by atoms with van der Waals surface area (Å²) in [6, 6.07) is 19.9. The zero-order chi connectivity index (χ0) is 14.8. The van der Waals surface area contributed by atoms with Gasteiger partial charge in [-0.2, -0.15) is 0 Å². The normalized spacial score (nSPS) is 10.6. The summed E-state index contributed by atoms with van der Waals surface area (Å²) in [4.78, 5) is 12.1. The predicted octanol–water partition coefficient (Wildman–Crippen LogP) is 5.06. The molecule has 3 heteroatoms. The number of esters is 1. The molecule has 3 aromatic carbocycles. The Labute approximate surface area is 131 Å². The second-order valence-electron chi connectivity index (χ2n) is 4.71. The van der Waals surface area contributed by atoms with Crippen LogP contribution in [-0.4, -0.2) is 13.1 Å². The Hall–Kier alpha value is -2.13. The van der Waals surface area contributed by atoms with Crippen LogP contribution in [0.15, 0.2) is 65.1 Å². The van der Waals surface area contributed by atoms with E-state index in [2.05, 4.69) is 34.1 Å². The van der Waals surface area contributed by atoms with Gasteiger partial charge in [-0.05, 0) is 34.0 Å². The first-order chi connectivity index (χ1) is 10.2. The number of benzene rings is 3. The maximum Gasteiger partial charge on any atom is 0.338 e. The third-order valence-corrected chi connectivity index (χ3v) is 3.96. The second kappa shape index (κ2) is 5.70. The predicted molar refractivity (Wildman–Crippen MR) is 88.4 cm³/mol. The SMILES string of the molecule is COC(=O)c1cc(Br)ccc1-c1cccc2ccccc12. The molecule has 21 heavy (non-hydrogen) atoms. The van der Waals surface area contributed by atoms with Crippen molar-refractivity contribution in [3.8, 4) is 11.1 Å². The van der Waals surface area contributed by atoms with E-state index in [1.54, 1.807) is 6.07 Å². The van der Waals surface area contributed by atoms with Gasteiger partial charge in [-0.3, -0.25) is 0 Å². The Morgan fingerprint density at radius 2 is 1.71 bits per heavy atom. The molecule has 0 fully saturated rings. The summed E-state index contributed by atoms with van der Waals surface area (Å²) < 4.78 is 5.76. The molecular formula is C18H13BrO2. The first-order valence-corrected chi connectivity index (χ1v) is 7.36. The highest BCUT2D eigenvalue weighted by Crippen LogP contribution is 2.32. The zero-order valence-electron chi connectivity index (χ0n) is 11.5. The molecule has 3 rings (SSSR count). The topological polar surface area (TPSA) is 26.3 Å². The first kappa shape index (κ1) is 13.8. The highest BCUT2D eigenvalue weighted by molar-refractivity contribution is 9.10. The molecule has 0 saturated carbocycles. The van der Waals surface area contributed by atoms with Crippen LogP contribution >= 0.6 is 15.9 Å². The molecule has 0 aliphatic heterocycles. The molecule has 0 spiro atoms. The van der Waals surface area contributed by atoms with E-state index in [1.807, 2.05) is 36.4 Å². The van der Waals surface area contributed by atoms with Gasteiger partial charge in [0, 0.05) is 4.47 Å². The van der Waals surface area contributed by atoms with Gasteiger partial charge in [0.15, 0.2) is 0 Å². The molecule has 0 radical (unpaired) electrons. The molecule has 0 saturated heterocycles. The number of methoxy groups -OCH3 is 1. The Morgan fingerprint density at radius 3 is 2.52 bits per heavy atom. The molecular weight excluding hydrogens is 328 g/mol. The minimum absolute atomic E-state index is 0.334. The van der Waals surface area contributed by atoms with Crippen molar-refractivity contribution in [1.29, 1.82) is 0 Å². The van der Waals surface area contributed by atoms with Crippen molar-refractivity contribution in [2.45, 2.75) is 0 Å². The lowest BCUT2D eigenvalue weighted by atomic mass is 9.95. The van der Waals surface area contributed by atoms with Crippen LogP contribution in [0.4, 0.5) is 0 Å². The van der Waals surface area contributed by atoms with Crippen molar-refractivity contribution >= 4 is 32.7 Å². The van der Waals surface area contributed by atoms with E-state index < -0.39 is 0 Å². The molecule has 3 aromatic rings. The summed E-state index contributed by atoms with van der Waals surface area (Å²) in [5.41, 5.74) is 2.46. The maximum absolute atomic E-state index is 12.1. The molecule has 0 aromatic heterocycles. The van der Waals surface area contributed by atoms with Crippen molar-refractivity contribution in [2.75, 3.05) is 7.11 Å². The minimum atomic E-state index is -0.334. The molecule has 0 atom stereocenters. The summed E-state index contributed by atoms with van der Waals surface area (Å²) in [7, 11) is 1.40. The van der Waals surface area contributed by atoms with Gasteiger partial charge in [0.1, 0.15) is 0 Å². The fraction of sp³-hybridized carbons (Fsp3) is 0.0556. The van der Waals surface area contributed by atoms with Gasteiger partial charge in [0.25, 0.3) is 0 Å². The number of hydrogen-bond donors (Lipinski definition) is 0. The lowest BCUT2D eigenvalue weighted by molar-refractivity contribution is 0.0601. The number of hydrogen-bond acceptors (Lipinski definition) is 2. The molecule has 104 valence electrons. The Balaban J connectivity index is 2.31. The smallest absolute Gasteiger partial charge is 0.338 e. The van der Waals surface area contributed by atoms with Gasteiger partial charge in [-0.25, -0.2) is 4.79 Å². The molecule has 0 N–H and O–H groups in total. The highest BCUT2D eigenvalue weighted by atomic mass is 79.9. The van der Waals surface area contributed by atoms with Gasteiger partial charge in [-0.15, -0.1) is 0 Å². The quantitative estimate of drug-likeness (QED) is 0.609. The standard InChI is InChI=1S/C18H13BrO2/c1-21-18(20)17-11-13(19)9-10-16(17)15-8-4-6-12-5-2-3-7-14(12)15/h2-11H,1H3. The summed E-state index contributed by atoms with van der Waals surface area (Å²) in [5.74, 6) is -0.334. The zero-order valence-corrected chi connectivity index (χ0v) is 13.1. The van der Waals surface area contributed by atoms with Crippen LogP contribution < -0.4 is 0 Å². The Morgan fingerprint density at radius 1 is 0.952 bits per heavy atom. The summed E-state index contributed by atoms with van der Waals surface area (Å²) in [6.07, 6.45) is 0. The molecule has 0 aliphatic carbocycles. The molecule has 0 unspecified atom stereocenters. The van der Waals surface area contributed by atoms with Crippen molar-refractivity contribution in [1.82, 2.24) is 0 Å². The van der Waals surface area contributed by atoms with Gasteiger partial charge in [-0.1, -0.05) is 64.5 Å². The van der Waals surface area contributed by atoms with E-state index in [-0.39, 0.29) is 5.97 Å². The first-order valence-electron chi connectivity index (χ1n) is 6.56. The molecule has 0 heterocycles. The minimum Gasteiger partial charge on any atom is -0.465 e. The van der Waals surface area contributed by atoms with Crippen LogP contribution in [0.2, 0.25) is 0 Å². The van der Waals surface area contributed by atoms with Crippen LogP contribution in [0.25, 0.3) is 21.9 Å². The van der Waals surface area contributed by atoms with E-state index in [0.717, 1.165) is 26.4 Å². The lowest BCUT2D eigenvalue weighted by Gasteiger charge is -2.11. The maximum atomic E-state index is 12.1. The molecule has 0 bridgehead atoms. The van der Waals surface area contributed by atoms with Gasteiger partial charge in [0.05, 0.1) is 12.7 Å². The highest BCUT2D eigenvalue weighted by Gasteiger charge is 2.15. The summed E-state index contributed by atoms with van der Waals surface area (Å²) in [6.45, 7) is 0. The number of halogens is 1. The van der Waals surface area contributed by atoms with Crippen LogP contribution in [0.1, 0.15) is 10.4 Å². The van der Waals surface area contributed by atoms with Crippen LogP contribution in [-0.2, 0) is 4.74 Å². The number of rotatable bonds is 2. The van der Waals surface area contributed by atoms with Gasteiger partial charge < -0.3 is 4.74 Å². The summed E-state index contributed by atoms with van der Waals surface area (Å²) >= 11 is 3.41. The van der Waals surface area contributed by atoms with Gasteiger partial charge >= 0.3 is 5.97 Å². The number of carbonyl (C=O) groups is 1. The van der Waals surface area contributed by atoms with Crippen LogP contribution in [0.5, 0.6) is 0 Å². The monoisotopic (exact) mass is 340 g/mol. The van der Waals surface area contributed by atoms with Crippen LogP contribution in [0.3, 0.4) is 0 Å². The number of fused-ring (bicyclic) bond motifs is 1. The largest absolute Gasteiger partial charge is 0.465 e.